The number of ether oxygens (including phenoxy) is 1. The Balaban J connectivity index is 1.61. The molecule has 4 rings (SSSR count). The molecule has 1 N–H and O–H groups in total. The predicted molar refractivity (Wildman–Crippen MR) is 99.6 cm³/mol. The Morgan fingerprint density at radius 1 is 1.24 bits per heavy atom. The van der Waals surface area contributed by atoms with Crippen molar-refractivity contribution in [3.8, 4) is 5.75 Å². The molecule has 0 aliphatic carbocycles. The second-order valence-electron chi connectivity index (χ2n) is 6.64. The van der Waals surface area contributed by atoms with Gasteiger partial charge >= 0.3 is 0 Å². The van der Waals surface area contributed by atoms with Crippen molar-refractivity contribution < 1.29 is 9.53 Å². The van der Waals surface area contributed by atoms with Gasteiger partial charge in [0.05, 0.1) is 19.2 Å². The first-order valence-electron chi connectivity index (χ1n) is 8.65. The molecule has 4 nitrogen and oxygen atoms in total. The smallest absolute Gasteiger partial charge is 0.228 e. The van der Waals surface area contributed by atoms with Crippen molar-refractivity contribution in [2.24, 2.45) is 0 Å². The van der Waals surface area contributed by atoms with Crippen LogP contribution in [0.25, 0.3) is 6.08 Å². The Bertz CT molecular complexity index is 842. The zero-order valence-electron chi connectivity index (χ0n) is 14.6. The lowest BCUT2D eigenvalue weighted by Crippen LogP contribution is -2.42. The van der Waals surface area contributed by atoms with E-state index in [1.165, 1.54) is 16.7 Å². The molecule has 1 atom stereocenters. The van der Waals surface area contributed by atoms with Crippen LogP contribution >= 0.6 is 0 Å². The third-order valence-corrected chi connectivity index (χ3v) is 5.08. The Labute approximate surface area is 148 Å². The van der Waals surface area contributed by atoms with E-state index in [-0.39, 0.29) is 12.1 Å². The summed E-state index contributed by atoms with van der Waals surface area (Å²) in [7, 11) is 1.68. The van der Waals surface area contributed by atoms with Crippen molar-refractivity contribution in [3.05, 3.63) is 64.7 Å². The largest absolute Gasteiger partial charge is 0.495 e. The summed E-state index contributed by atoms with van der Waals surface area (Å²) in [6.45, 7) is 2.86. The van der Waals surface area contributed by atoms with Gasteiger partial charge in [-0.15, -0.1) is 0 Å². The Morgan fingerprint density at radius 2 is 2.04 bits per heavy atom. The topological polar surface area (TPSA) is 41.6 Å². The molecule has 0 aromatic heterocycles. The van der Waals surface area contributed by atoms with Gasteiger partial charge in [-0.3, -0.25) is 4.79 Å². The number of fused-ring (bicyclic) bond motifs is 2. The minimum absolute atomic E-state index is 0.0700. The predicted octanol–water partition coefficient (Wildman–Crippen LogP) is 3.61. The van der Waals surface area contributed by atoms with Gasteiger partial charge in [-0.1, -0.05) is 36.4 Å². The van der Waals surface area contributed by atoms with Crippen LogP contribution in [0, 0.1) is 6.92 Å². The Morgan fingerprint density at radius 3 is 2.80 bits per heavy atom. The molecule has 0 bridgehead atoms. The molecular weight excluding hydrogens is 312 g/mol. The third kappa shape index (κ3) is 2.78. The van der Waals surface area contributed by atoms with Crippen LogP contribution in [0.1, 0.15) is 23.1 Å². The molecule has 0 saturated carbocycles. The van der Waals surface area contributed by atoms with Crippen molar-refractivity contribution >= 4 is 17.7 Å². The van der Waals surface area contributed by atoms with Crippen LogP contribution in [0.15, 0.2) is 48.0 Å². The summed E-state index contributed by atoms with van der Waals surface area (Å²) in [5, 5.41) is 3.55. The van der Waals surface area contributed by atoms with E-state index in [2.05, 4.69) is 24.4 Å². The van der Waals surface area contributed by atoms with E-state index in [1.807, 2.05) is 41.3 Å². The van der Waals surface area contributed by atoms with Crippen molar-refractivity contribution in [3.63, 3.8) is 0 Å². The lowest BCUT2D eigenvalue weighted by Gasteiger charge is -2.32. The summed E-state index contributed by atoms with van der Waals surface area (Å²) in [5.74, 6) is 0.973. The number of hydrogen-bond donors (Lipinski definition) is 1. The monoisotopic (exact) mass is 334 g/mol. The number of nitrogens with one attached hydrogen (secondary N) is 1. The molecule has 1 saturated heterocycles. The summed E-state index contributed by atoms with van der Waals surface area (Å²) >= 11 is 0. The number of hydrogen-bond acceptors (Lipinski definition) is 3. The molecule has 25 heavy (non-hydrogen) atoms. The van der Waals surface area contributed by atoms with Crippen molar-refractivity contribution in [1.82, 2.24) is 4.90 Å². The minimum atomic E-state index is -0.0700. The summed E-state index contributed by atoms with van der Waals surface area (Å²) in [5.41, 5.74) is 5.68. The molecule has 2 aliphatic rings. The lowest BCUT2D eigenvalue weighted by molar-refractivity contribution is -0.130. The van der Waals surface area contributed by atoms with Gasteiger partial charge in [0, 0.05) is 12.1 Å². The molecule has 1 amide bonds. The maximum atomic E-state index is 12.8. The van der Waals surface area contributed by atoms with E-state index in [4.69, 9.17) is 4.74 Å². The van der Waals surface area contributed by atoms with Crippen molar-refractivity contribution in [2.75, 3.05) is 19.0 Å². The number of nitrogens with zero attached hydrogens (tertiary/aromatic N) is 1. The molecular formula is C21H22N2O2. The van der Waals surface area contributed by atoms with Crippen molar-refractivity contribution in [1.29, 1.82) is 0 Å². The summed E-state index contributed by atoms with van der Waals surface area (Å²) in [4.78, 5) is 14.8. The highest BCUT2D eigenvalue weighted by Gasteiger charge is 2.36. The van der Waals surface area contributed by atoms with E-state index in [0.29, 0.717) is 6.42 Å². The molecule has 1 unspecified atom stereocenters. The van der Waals surface area contributed by atoms with Gasteiger partial charge in [0.15, 0.2) is 0 Å². The first kappa shape index (κ1) is 15.8. The van der Waals surface area contributed by atoms with Gasteiger partial charge in [0.2, 0.25) is 5.91 Å². The maximum Gasteiger partial charge on any atom is 0.228 e. The van der Waals surface area contributed by atoms with E-state index in [9.17, 15) is 4.79 Å². The summed E-state index contributed by atoms with van der Waals surface area (Å²) < 4.78 is 5.51. The molecule has 2 aliphatic heterocycles. The standard InChI is InChI=1S/C21H22N2O2/c1-14-8-9-18(25-2)20-17(14)13-16-10-11-23(21(16)22-20)19(24)12-15-6-4-3-5-7-15/h3-9,13,21-22H,10-12H2,1-2H3. The molecule has 1 fully saturated rings. The second-order valence-corrected chi connectivity index (χ2v) is 6.64. The quantitative estimate of drug-likeness (QED) is 0.932. The zero-order chi connectivity index (χ0) is 17.4. The van der Waals surface area contributed by atoms with E-state index in [0.717, 1.165) is 30.0 Å². The second kappa shape index (κ2) is 6.28. The molecule has 2 aromatic carbocycles. The van der Waals surface area contributed by atoms with Crippen LogP contribution in [0.2, 0.25) is 0 Å². The van der Waals surface area contributed by atoms with Crippen LogP contribution in [0.4, 0.5) is 5.69 Å². The fourth-order valence-electron chi connectivity index (χ4n) is 3.71. The molecule has 2 heterocycles. The number of rotatable bonds is 3. The van der Waals surface area contributed by atoms with Gasteiger partial charge in [0.1, 0.15) is 11.9 Å². The number of anilines is 1. The van der Waals surface area contributed by atoms with Gasteiger partial charge in [-0.05, 0) is 42.2 Å². The third-order valence-electron chi connectivity index (χ3n) is 5.08. The number of likely N-dealkylation sites (tertiary alicyclic amines) is 1. The van der Waals surface area contributed by atoms with Gasteiger partial charge in [-0.2, -0.15) is 0 Å². The van der Waals surface area contributed by atoms with Crippen LogP contribution in [-0.2, 0) is 11.2 Å². The fourth-order valence-corrected chi connectivity index (χ4v) is 3.71. The number of methoxy groups -OCH3 is 1. The Kier molecular flexibility index (Phi) is 3.96. The highest BCUT2D eigenvalue weighted by molar-refractivity contribution is 5.85. The molecule has 128 valence electrons. The van der Waals surface area contributed by atoms with Crippen LogP contribution in [0.5, 0.6) is 5.75 Å². The molecule has 2 aromatic rings. The minimum Gasteiger partial charge on any atom is -0.495 e. The molecule has 0 radical (unpaired) electrons. The zero-order valence-corrected chi connectivity index (χ0v) is 14.6. The van der Waals surface area contributed by atoms with Gasteiger partial charge < -0.3 is 15.0 Å². The fraction of sp³-hybridized carbons (Fsp3) is 0.286. The number of aryl methyl sites for hydroxylation is 1. The highest BCUT2D eigenvalue weighted by atomic mass is 16.5. The first-order valence-corrected chi connectivity index (χ1v) is 8.65. The SMILES string of the molecule is COc1ccc(C)c2c1NC1C(=C2)CCN1C(=O)Cc1ccccc1. The van der Waals surface area contributed by atoms with Crippen LogP contribution in [-0.4, -0.2) is 30.6 Å². The van der Waals surface area contributed by atoms with Crippen LogP contribution < -0.4 is 10.1 Å². The van der Waals surface area contributed by atoms with Crippen LogP contribution in [0.3, 0.4) is 0 Å². The average molecular weight is 334 g/mol. The number of benzene rings is 2. The van der Waals surface area contributed by atoms with E-state index < -0.39 is 0 Å². The highest BCUT2D eigenvalue weighted by Crippen LogP contribution is 2.40. The number of carbonyl (C=O) groups is 1. The summed E-state index contributed by atoms with van der Waals surface area (Å²) in [6, 6.07) is 14.0. The van der Waals surface area contributed by atoms with E-state index in [1.54, 1.807) is 7.11 Å². The first-order chi connectivity index (χ1) is 12.2. The molecule has 0 spiro atoms. The number of amides is 1. The normalized spacial score (nSPS) is 18.1. The van der Waals surface area contributed by atoms with Gasteiger partial charge in [-0.25, -0.2) is 0 Å². The number of carbonyl (C=O) groups excluding carboxylic acids is 1. The van der Waals surface area contributed by atoms with Crippen molar-refractivity contribution in [2.45, 2.75) is 25.9 Å². The van der Waals surface area contributed by atoms with E-state index >= 15 is 0 Å². The molecule has 4 heteroatoms. The Hall–Kier alpha value is -2.75. The summed E-state index contributed by atoms with van der Waals surface area (Å²) in [6.07, 6.45) is 3.50. The van der Waals surface area contributed by atoms with Gasteiger partial charge in [0.25, 0.3) is 0 Å². The maximum absolute atomic E-state index is 12.8. The lowest BCUT2D eigenvalue weighted by atomic mass is 9.97. The average Bonchev–Trinajstić information content (AvgIpc) is 3.05.